The molecule has 0 aliphatic carbocycles. The lowest BCUT2D eigenvalue weighted by atomic mass is 9.98. The predicted molar refractivity (Wildman–Crippen MR) is 128 cm³/mol. The molecule has 0 aliphatic heterocycles. The fourth-order valence-electron chi connectivity index (χ4n) is 3.69. The molecule has 2 aromatic heterocycles. The Hall–Kier alpha value is -4.96. The maximum absolute atomic E-state index is 12.7. The lowest BCUT2D eigenvalue weighted by molar-refractivity contribution is -0.118. The van der Waals surface area contributed by atoms with Crippen molar-refractivity contribution < 1.29 is 13.9 Å². The molecule has 5 rings (SSSR count). The topological polar surface area (TPSA) is 101 Å². The molecule has 0 saturated heterocycles. The highest BCUT2D eigenvalue weighted by molar-refractivity contribution is 5.96. The van der Waals surface area contributed by atoms with E-state index in [4.69, 9.17) is 9.15 Å². The Morgan fingerprint density at radius 1 is 0.912 bits per heavy atom. The van der Waals surface area contributed by atoms with Gasteiger partial charge in [0.2, 0.25) is 11.8 Å². The highest BCUT2D eigenvalue weighted by Gasteiger charge is 2.24. The number of ether oxygens (including phenoxy) is 1. The van der Waals surface area contributed by atoms with Crippen molar-refractivity contribution in [2.45, 2.75) is 0 Å². The van der Waals surface area contributed by atoms with Crippen LogP contribution in [0.4, 0.5) is 5.88 Å². The molecule has 0 saturated carbocycles. The van der Waals surface area contributed by atoms with Crippen molar-refractivity contribution in [3.63, 3.8) is 0 Å². The number of rotatable bonds is 6. The van der Waals surface area contributed by atoms with E-state index in [2.05, 4.69) is 21.4 Å². The van der Waals surface area contributed by atoms with Crippen molar-refractivity contribution in [2.75, 3.05) is 11.9 Å². The van der Waals surface area contributed by atoms with Gasteiger partial charge in [-0.3, -0.25) is 10.1 Å². The molecule has 164 valence electrons. The van der Waals surface area contributed by atoms with Gasteiger partial charge in [-0.2, -0.15) is 5.26 Å². The second kappa shape index (κ2) is 9.27. The van der Waals surface area contributed by atoms with Gasteiger partial charge < -0.3 is 9.15 Å². The minimum absolute atomic E-state index is 0.0707. The molecule has 7 heteroatoms. The third-order valence-corrected chi connectivity index (χ3v) is 5.22. The summed E-state index contributed by atoms with van der Waals surface area (Å²) in [5.41, 5.74) is 3.18. The van der Waals surface area contributed by atoms with Crippen LogP contribution in [0.25, 0.3) is 33.4 Å². The number of amides is 1. The van der Waals surface area contributed by atoms with Gasteiger partial charge in [0.15, 0.2) is 6.61 Å². The summed E-state index contributed by atoms with van der Waals surface area (Å²) < 4.78 is 11.7. The van der Waals surface area contributed by atoms with E-state index in [0.29, 0.717) is 28.1 Å². The van der Waals surface area contributed by atoms with Gasteiger partial charge in [0.05, 0.1) is 10.9 Å². The molecule has 0 aliphatic rings. The number of aromatic nitrogens is 2. The third-order valence-electron chi connectivity index (χ3n) is 5.22. The summed E-state index contributed by atoms with van der Waals surface area (Å²) in [6.45, 7) is -0.312. The van der Waals surface area contributed by atoms with Gasteiger partial charge >= 0.3 is 0 Å². The van der Waals surface area contributed by atoms with Crippen molar-refractivity contribution in [3.05, 3.63) is 96.8 Å². The molecule has 1 N–H and O–H groups in total. The smallest absolute Gasteiger partial charge is 0.264 e. The lowest BCUT2D eigenvalue weighted by Gasteiger charge is -2.07. The summed E-state index contributed by atoms with van der Waals surface area (Å²) >= 11 is 0. The Morgan fingerprint density at radius 3 is 2.32 bits per heavy atom. The van der Waals surface area contributed by atoms with Gasteiger partial charge in [-0.25, -0.2) is 9.97 Å². The standard InChI is InChI=1S/C27H18N4O3/c28-15-21-24(18-9-3-1-4-10-18)25(19-11-5-2-6-12-19)34-27(21)31-23(32)16-33-26-20-13-7-8-14-22(20)29-17-30-26/h1-14,17H,16H2,(H,31,32). The molecule has 2 heterocycles. The minimum atomic E-state index is -0.479. The van der Waals surface area contributed by atoms with Crippen molar-refractivity contribution in [2.24, 2.45) is 0 Å². The van der Waals surface area contributed by atoms with Crippen LogP contribution in [0.15, 0.2) is 95.7 Å². The number of nitrogens with one attached hydrogen (secondary N) is 1. The minimum Gasteiger partial charge on any atom is -0.467 e. The van der Waals surface area contributed by atoms with Gasteiger partial charge in [-0.05, 0) is 17.7 Å². The monoisotopic (exact) mass is 446 g/mol. The highest BCUT2D eigenvalue weighted by Crippen LogP contribution is 2.41. The first-order valence-electron chi connectivity index (χ1n) is 10.5. The molecular weight excluding hydrogens is 428 g/mol. The van der Waals surface area contributed by atoms with Crippen LogP contribution in [-0.2, 0) is 4.79 Å². The molecule has 34 heavy (non-hydrogen) atoms. The number of furan rings is 1. The molecule has 0 bridgehead atoms. The molecule has 3 aromatic carbocycles. The quantitative estimate of drug-likeness (QED) is 0.372. The molecule has 7 nitrogen and oxygen atoms in total. The Labute approximate surface area is 195 Å². The summed E-state index contributed by atoms with van der Waals surface area (Å²) in [4.78, 5) is 21.0. The summed E-state index contributed by atoms with van der Waals surface area (Å²) in [5, 5.41) is 13.3. The van der Waals surface area contributed by atoms with Crippen LogP contribution in [0.1, 0.15) is 5.56 Å². The second-order valence-corrected chi connectivity index (χ2v) is 7.39. The second-order valence-electron chi connectivity index (χ2n) is 7.39. The van der Waals surface area contributed by atoms with Crippen LogP contribution >= 0.6 is 0 Å². The average molecular weight is 446 g/mol. The lowest BCUT2D eigenvalue weighted by Crippen LogP contribution is -2.20. The van der Waals surface area contributed by atoms with Crippen LogP contribution in [0.5, 0.6) is 5.88 Å². The Balaban J connectivity index is 1.45. The van der Waals surface area contributed by atoms with Crippen LogP contribution in [0.2, 0.25) is 0 Å². The zero-order valence-electron chi connectivity index (χ0n) is 17.9. The fraction of sp³-hybridized carbons (Fsp3) is 0.0370. The Morgan fingerprint density at radius 2 is 1.59 bits per heavy atom. The Kier molecular flexibility index (Phi) is 5.70. The largest absolute Gasteiger partial charge is 0.467 e. The number of benzene rings is 3. The molecule has 0 atom stereocenters. The first kappa shape index (κ1) is 20.9. The predicted octanol–water partition coefficient (Wildman–Crippen LogP) is 5.45. The van der Waals surface area contributed by atoms with E-state index in [9.17, 15) is 10.1 Å². The van der Waals surface area contributed by atoms with E-state index in [0.717, 1.165) is 11.1 Å². The van der Waals surface area contributed by atoms with E-state index in [1.54, 1.807) is 0 Å². The zero-order chi connectivity index (χ0) is 23.3. The molecular formula is C27H18N4O3. The van der Waals surface area contributed by atoms with Gasteiger partial charge in [0.1, 0.15) is 23.7 Å². The van der Waals surface area contributed by atoms with Crippen LogP contribution in [-0.4, -0.2) is 22.5 Å². The first-order valence-corrected chi connectivity index (χ1v) is 10.5. The van der Waals surface area contributed by atoms with Crippen molar-refractivity contribution >= 4 is 22.7 Å². The number of hydrogen-bond acceptors (Lipinski definition) is 6. The SMILES string of the molecule is N#Cc1c(NC(=O)COc2ncnc3ccccc23)oc(-c2ccccc2)c1-c1ccccc1. The summed E-state index contributed by atoms with van der Waals surface area (Å²) in [7, 11) is 0. The molecule has 0 fully saturated rings. The van der Waals surface area contributed by atoms with Crippen LogP contribution in [0.3, 0.4) is 0 Å². The summed E-state index contributed by atoms with van der Waals surface area (Å²) in [6, 6.07) is 28.5. The Bertz CT molecular complexity index is 1500. The van der Waals surface area contributed by atoms with Crippen molar-refractivity contribution in [3.8, 4) is 34.4 Å². The maximum Gasteiger partial charge on any atom is 0.264 e. The number of nitriles is 1. The number of fused-ring (bicyclic) bond motifs is 1. The van der Waals surface area contributed by atoms with E-state index in [1.807, 2.05) is 84.9 Å². The van der Waals surface area contributed by atoms with Gasteiger partial charge in [0.25, 0.3) is 5.91 Å². The van der Waals surface area contributed by atoms with Gasteiger partial charge in [-0.1, -0.05) is 72.8 Å². The van der Waals surface area contributed by atoms with E-state index in [-0.39, 0.29) is 18.1 Å². The summed E-state index contributed by atoms with van der Waals surface area (Å²) in [6.07, 6.45) is 1.38. The first-order chi connectivity index (χ1) is 16.7. The van der Waals surface area contributed by atoms with Crippen molar-refractivity contribution in [1.82, 2.24) is 9.97 Å². The zero-order valence-corrected chi connectivity index (χ0v) is 17.9. The van der Waals surface area contributed by atoms with Gasteiger partial charge in [-0.15, -0.1) is 0 Å². The van der Waals surface area contributed by atoms with Crippen LogP contribution < -0.4 is 10.1 Å². The van der Waals surface area contributed by atoms with E-state index >= 15 is 0 Å². The average Bonchev–Trinajstić information content (AvgIpc) is 3.26. The van der Waals surface area contributed by atoms with Crippen LogP contribution in [0, 0.1) is 11.3 Å². The number of carbonyl (C=O) groups excluding carboxylic acids is 1. The van der Waals surface area contributed by atoms with E-state index < -0.39 is 5.91 Å². The molecule has 1 amide bonds. The highest BCUT2D eigenvalue weighted by atomic mass is 16.5. The summed E-state index contributed by atoms with van der Waals surface area (Å²) in [5.74, 6) is 0.394. The number of nitrogens with zero attached hydrogens (tertiary/aromatic N) is 3. The van der Waals surface area contributed by atoms with Crippen molar-refractivity contribution in [1.29, 1.82) is 5.26 Å². The molecule has 0 spiro atoms. The fourth-order valence-corrected chi connectivity index (χ4v) is 3.69. The van der Waals surface area contributed by atoms with E-state index in [1.165, 1.54) is 6.33 Å². The molecule has 5 aromatic rings. The molecule has 0 radical (unpaired) electrons. The number of anilines is 1. The van der Waals surface area contributed by atoms with Gasteiger partial charge in [0, 0.05) is 11.1 Å². The number of hydrogen-bond donors (Lipinski definition) is 1. The number of carbonyl (C=O) groups is 1. The molecule has 0 unspecified atom stereocenters. The maximum atomic E-state index is 12.7. The third kappa shape index (κ3) is 4.08. The normalized spacial score (nSPS) is 10.6. The number of para-hydroxylation sites is 1.